The summed E-state index contributed by atoms with van der Waals surface area (Å²) in [5.74, 6) is -0.0878. The van der Waals surface area contributed by atoms with Gasteiger partial charge in [-0.15, -0.1) is 0 Å². The molecule has 0 aliphatic rings. The molecule has 0 unspecified atom stereocenters. The monoisotopic (exact) mass is 240 g/mol. The summed E-state index contributed by atoms with van der Waals surface area (Å²) in [6, 6.07) is 4.89. The number of methoxy groups -OCH3 is 1. The van der Waals surface area contributed by atoms with Gasteiger partial charge in [-0.2, -0.15) is 0 Å². The second-order valence-corrected chi connectivity index (χ2v) is 3.57. The van der Waals surface area contributed by atoms with Gasteiger partial charge in [0.25, 0.3) is 0 Å². The Morgan fingerprint density at radius 1 is 1.29 bits per heavy atom. The van der Waals surface area contributed by atoms with Crippen LogP contribution in [-0.4, -0.2) is 36.5 Å². The normalized spacial score (nSPS) is 10.4. The first kappa shape index (κ1) is 13.5. The summed E-state index contributed by atoms with van der Waals surface area (Å²) in [7, 11) is 1.46. The van der Waals surface area contributed by atoms with Gasteiger partial charge in [0.1, 0.15) is 0 Å². The van der Waals surface area contributed by atoms with E-state index in [1.165, 1.54) is 14.0 Å². The van der Waals surface area contributed by atoms with E-state index >= 15 is 0 Å². The Labute approximate surface area is 99.6 Å². The molecule has 0 atom stereocenters. The molecule has 0 aromatic heterocycles. The maximum Gasteiger partial charge on any atom is 0.308 e. The van der Waals surface area contributed by atoms with Crippen LogP contribution in [0.1, 0.15) is 18.4 Å². The largest absolute Gasteiger partial charge is 0.493 e. The lowest BCUT2D eigenvalue weighted by Gasteiger charge is -2.14. The van der Waals surface area contributed by atoms with Crippen LogP contribution in [-0.2, 0) is 4.79 Å². The van der Waals surface area contributed by atoms with Crippen molar-refractivity contribution >= 4 is 5.97 Å². The lowest BCUT2D eigenvalue weighted by Crippen LogP contribution is -2.09. The summed E-state index contributed by atoms with van der Waals surface area (Å²) in [5, 5.41) is 18.1. The third-order valence-corrected chi connectivity index (χ3v) is 2.35. The van der Waals surface area contributed by atoms with Crippen molar-refractivity contribution in [2.24, 2.45) is 0 Å². The minimum absolute atomic E-state index is 0.160. The van der Waals surface area contributed by atoms with E-state index in [1.807, 2.05) is 0 Å². The number of rotatable bonds is 5. The number of esters is 1. The molecule has 0 aliphatic heterocycles. The summed E-state index contributed by atoms with van der Waals surface area (Å²) >= 11 is 0. The Hall–Kier alpha value is -1.59. The van der Waals surface area contributed by atoms with Crippen molar-refractivity contribution in [2.45, 2.75) is 12.8 Å². The lowest BCUT2D eigenvalue weighted by atomic mass is 10.0. The molecule has 0 spiro atoms. The average Bonchev–Trinajstić information content (AvgIpc) is 2.31. The molecule has 1 rings (SSSR count). The van der Waals surface area contributed by atoms with Crippen LogP contribution in [0.5, 0.6) is 11.5 Å². The minimum atomic E-state index is -0.433. The second kappa shape index (κ2) is 6.22. The van der Waals surface area contributed by atoms with Gasteiger partial charge in [0, 0.05) is 12.8 Å². The van der Waals surface area contributed by atoms with Crippen LogP contribution >= 0.6 is 0 Å². The fourth-order valence-corrected chi connectivity index (χ4v) is 1.45. The number of hydrogen-bond acceptors (Lipinski definition) is 5. The van der Waals surface area contributed by atoms with Crippen molar-refractivity contribution < 1.29 is 24.5 Å². The first-order valence-corrected chi connectivity index (χ1v) is 5.20. The van der Waals surface area contributed by atoms with Crippen LogP contribution in [0.4, 0.5) is 0 Å². The summed E-state index contributed by atoms with van der Waals surface area (Å²) < 4.78 is 10.0. The molecular weight excluding hydrogens is 224 g/mol. The zero-order chi connectivity index (χ0) is 12.8. The Bertz CT molecular complexity index is 384. The van der Waals surface area contributed by atoms with Crippen LogP contribution in [0.2, 0.25) is 0 Å². The number of carbonyl (C=O) groups excluding carboxylic acids is 1. The van der Waals surface area contributed by atoms with Crippen LogP contribution < -0.4 is 9.47 Å². The molecule has 0 aliphatic carbocycles. The highest BCUT2D eigenvalue weighted by atomic mass is 16.6. The molecule has 1 aromatic rings. The highest BCUT2D eigenvalue weighted by Crippen LogP contribution is 2.30. The van der Waals surface area contributed by atoms with Gasteiger partial charge in [0.05, 0.1) is 20.3 Å². The van der Waals surface area contributed by atoms with Crippen LogP contribution in [0.3, 0.4) is 0 Å². The summed E-state index contributed by atoms with van der Waals surface area (Å²) in [6.45, 7) is 0.983. The summed E-state index contributed by atoms with van der Waals surface area (Å²) in [4.78, 5) is 10.9. The van der Waals surface area contributed by atoms with E-state index in [-0.39, 0.29) is 19.1 Å². The number of hydrogen-bond donors (Lipinski definition) is 2. The standard InChI is InChI=1S/C12H16O5/c1-8(15)17-11-4-3-9(5-12(11)16-2)10(6-13)7-14/h3-5,10,13-14H,6-7H2,1-2H3. The number of ether oxygens (including phenoxy) is 2. The predicted octanol–water partition coefficient (Wildman–Crippen LogP) is 0.689. The zero-order valence-electron chi connectivity index (χ0n) is 9.84. The molecule has 0 saturated carbocycles. The average molecular weight is 240 g/mol. The van der Waals surface area contributed by atoms with Gasteiger partial charge in [0.2, 0.25) is 0 Å². The minimum Gasteiger partial charge on any atom is -0.493 e. The van der Waals surface area contributed by atoms with Crippen LogP contribution in [0.25, 0.3) is 0 Å². The number of aliphatic hydroxyl groups is 2. The van der Waals surface area contributed by atoms with E-state index in [4.69, 9.17) is 19.7 Å². The molecule has 0 heterocycles. The molecule has 1 aromatic carbocycles. The number of benzene rings is 1. The molecule has 5 heteroatoms. The SMILES string of the molecule is COc1cc(C(CO)CO)ccc1OC(C)=O. The molecule has 2 N–H and O–H groups in total. The van der Waals surface area contributed by atoms with Gasteiger partial charge in [0.15, 0.2) is 11.5 Å². The fourth-order valence-electron chi connectivity index (χ4n) is 1.45. The molecule has 0 amide bonds. The first-order valence-electron chi connectivity index (χ1n) is 5.20. The Balaban J connectivity index is 3.03. The summed E-state index contributed by atoms with van der Waals surface area (Å²) in [5.41, 5.74) is 0.725. The predicted molar refractivity (Wildman–Crippen MR) is 61.2 cm³/mol. The molecule has 0 radical (unpaired) electrons. The molecule has 94 valence electrons. The van der Waals surface area contributed by atoms with Gasteiger partial charge < -0.3 is 19.7 Å². The van der Waals surface area contributed by atoms with Crippen molar-refractivity contribution in [2.75, 3.05) is 20.3 Å². The number of carbonyl (C=O) groups is 1. The van der Waals surface area contributed by atoms with E-state index in [9.17, 15) is 4.79 Å². The van der Waals surface area contributed by atoms with Crippen molar-refractivity contribution in [3.8, 4) is 11.5 Å². The Morgan fingerprint density at radius 3 is 2.41 bits per heavy atom. The maximum atomic E-state index is 10.9. The van der Waals surface area contributed by atoms with Crippen LogP contribution in [0, 0.1) is 0 Å². The van der Waals surface area contributed by atoms with Crippen molar-refractivity contribution in [1.82, 2.24) is 0 Å². The Kier molecular flexibility index (Phi) is 4.93. The van der Waals surface area contributed by atoms with E-state index in [2.05, 4.69) is 0 Å². The highest BCUT2D eigenvalue weighted by Gasteiger charge is 2.13. The van der Waals surface area contributed by atoms with Crippen molar-refractivity contribution in [3.63, 3.8) is 0 Å². The van der Waals surface area contributed by atoms with Gasteiger partial charge in [-0.3, -0.25) is 4.79 Å². The summed E-state index contributed by atoms with van der Waals surface area (Å²) in [6.07, 6.45) is 0. The van der Waals surface area contributed by atoms with E-state index in [0.29, 0.717) is 11.5 Å². The quantitative estimate of drug-likeness (QED) is 0.585. The van der Waals surface area contributed by atoms with Gasteiger partial charge in [-0.25, -0.2) is 0 Å². The van der Waals surface area contributed by atoms with E-state index in [1.54, 1.807) is 18.2 Å². The third kappa shape index (κ3) is 3.44. The second-order valence-electron chi connectivity index (χ2n) is 3.57. The smallest absolute Gasteiger partial charge is 0.308 e. The van der Waals surface area contributed by atoms with Gasteiger partial charge >= 0.3 is 5.97 Å². The van der Waals surface area contributed by atoms with Crippen LogP contribution in [0.15, 0.2) is 18.2 Å². The first-order chi connectivity index (χ1) is 8.12. The topological polar surface area (TPSA) is 76.0 Å². The third-order valence-electron chi connectivity index (χ3n) is 2.35. The fraction of sp³-hybridized carbons (Fsp3) is 0.417. The Morgan fingerprint density at radius 2 is 1.94 bits per heavy atom. The molecular formula is C12H16O5. The molecule has 0 saturated heterocycles. The molecule has 17 heavy (non-hydrogen) atoms. The van der Waals surface area contributed by atoms with E-state index < -0.39 is 5.97 Å². The van der Waals surface area contributed by atoms with Crippen molar-refractivity contribution in [1.29, 1.82) is 0 Å². The maximum absolute atomic E-state index is 10.9. The number of aliphatic hydroxyl groups excluding tert-OH is 2. The molecule has 0 fully saturated rings. The molecule has 5 nitrogen and oxygen atoms in total. The van der Waals surface area contributed by atoms with E-state index in [0.717, 1.165) is 5.56 Å². The lowest BCUT2D eigenvalue weighted by molar-refractivity contribution is -0.132. The molecule has 0 bridgehead atoms. The highest BCUT2D eigenvalue weighted by molar-refractivity contribution is 5.70. The van der Waals surface area contributed by atoms with Gasteiger partial charge in [-0.1, -0.05) is 6.07 Å². The zero-order valence-corrected chi connectivity index (χ0v) is 9.84. The van der Waals surface area contributed by atoms with Gasteiger partial charge in [-0.05, 0) is 17.7 Å². The van der Waals surface area contributed by atoms with Crippen molar-refractivity contribution in [3.05, 3.63) is 23.8 Å².